The van der Waals surface area contributed by atoms with Crippen LogP contribution in [0.25, 0.3) is 0 Å². The summed E-state index contributed by atoms with van der Waals surface area (Å²) in [6.07, 6.45) is 1.63. The van der Waals surface area contributed by atoms with Crippen molar-refractivity contribution in [2.24, 2.45) is 0 Å². The first-order chi connectivity index (χ1) is 5.27. The van der Waals surface area contributed by atoms with Crippen molar-refractivity contribution in [3.63, 3.8) is 0 Å². The highest BCUT2D eigenvalue weighted by Gasteiger charge is 2.02. The third-order valence-electron chi connectivity index (χ3n) is 1.27. The normalized spacial score (nSPS) is 9.27. The van der Waals surface area contributed by atoms with E-state index in [1.54, 1.807) is 6.29 Å². The summed E-state index contributed by atoms with van der Waals surface area (Å²) in [5, 5.41) is 0. The van der Waals surface area contributed by atoms with Gasteiger partial charge >= 0.3 is 0 Å². The molecule has 0 saturated heterocycles. The summed E-state index contributed by atoms with van der Waals surface area (Å²) in [5.41, 5.74) is 0.230. The van der Waals surface area contributed by atoms with Gasteiger partial charge in [0.05, 0.1) is 12.7 Å². The van der Waals surface area contributed by atoms with Crippen LogP contribution in [-0.2, 0) is 4.79 Å². The molecule has 1 aromatic carbocycles. The number of ether oxygens (including phenoxy) is 1. The van der Waals surface area contributed by atoms with E-state index in [0.717, 1.165) is 6.07 Å². The number of rotatable bonds is 2. The van der Waals surface area contributed by atoms with Crippen molar-refractivity contribution < 1.29 is 13.9 Å². The maximum Gasteiger partial charge on any atom is 0.237 e. The third kappa shape index (κ3) is 1.55. The van der Waals surface area contributed by atoms with Gasteiger partial charge in [-0.1, -0.05) is 0 Å². The lowest BCUT2D eigenvalue weighted by molar-refractivity contribution is 0.409. The topological polar surface area (TPSA) is 26.3 Å². The van der Waals surface area contributed by atoms with Crippen LogP contribution in [-0.4, -0.2) is 13.4 Å². The predicted molar refractivity (Wildman–Crippen MR) is 37.7 cm³/mol. The summed E-state index contributed by atoms with van der Waals surface area (Å²) in [6, 6.07) is 3.64. The van der Waals surface area contributed by atoms with Gasteiger partial charge in [-0.2, -0.15) is 0 Å². The average Bonchev–Trinajstić information content (AvgIpc) is 2.04. The molecule has 0 aliphatic heterocycles. The lowest BCUT2D eigenvalue weighted by Gasteiger charge is -2.00. The van der Waals surface area contributed by atoms with E-state index in [9.17, 15) is 9.18 Å². The molecular formula is C8H6FO2. The number of hydrogen-bond acceptors (Lipinski definition) is 2. The van der Waals surface area contributed by atoms with Crippen molar-refractivity contribution in [1.82, 2.24) is 0 Å². The predicted octanol–water partition coefficient (Wildman–Crippen LogP) is 1.29. The van der Waals surface area contributed by atoms with E-state index in [2.05, 4.69) is 0 Å². The van der Waals surface area contributed by atoms with Crippen LogP contribution in [0.15, 0.2) is 18.2 Å². The van der Waals surface area contributed by atoms with Gasteiger partial charge in [-0.3, -0.25) is 4.79 Å². The van der Waals surface area contributed by atoms with E-state index >= 15 is 0 Å². The lowest BCUT2D eigenvalue weighted by atomic mass is 10.2. The summed E-state index contributed by atoms with van der Waals surface area (Å²) in [5.74, 6) is -0.221. The molecule has 0 N–H and O–H groups in total. The third-order valence-corrected chi connectivity index (χ3v) is 1.27. The Labute approximate surface area is 63.6 Å². The molecule has 0 unspecified atom stereocenters. The molecule has 0 atom stereocenters. The summed E-state index contributed by atoms with van der Waals surface area (Å²) in [6.45, 7) is 0. The summed E-state index contributed by atoms with van der Waals surface area (Å²) in [7, 11) is 1.37. The highest BCUT2D eigenvalue weighted by Crippen LogP contribution is 2.16. The highest BCUT2D eigenvalue weighted by molar-refractivity contribution is 5.79. The van der Waals surface area contributed by atoms with E-state index in [-0.39, 0.29) is 11.3 Å². The van der Waals surface area contributed by atoms with Gasteiger partial charge in [-0.05, 0) is 12.1 Å². The summed E-state index contributed by atoms with van der Waals surface area (Å²) in [4.78, 5) is 10.2. The van der Waals surface area contributed by atoms with Crippen molar-refractivity contribution in [1.29, 1.82) is 0 Å². The molecule has 2 nitrogen and oxygen atoms in total. The van der Waals surface area contributed by atoms with Crippen molar-refractivity contribution in [2.45, 2.75) is 0 Å². The Balaban J connectivity index is 3.16. The molecular weight excluding hydrogens is 147 g/mol. The largest absolute Gasteiger partial charge is 0.496 e. The van der Waals surface area contributed by atoms with Crippen LogP contribution >= 0.6 is 0 Å². The van der Waals surface area contributed by atoms with Crippen molar-refractivity contribution in [3.05, 3.63) is 29.6 Å². The minimum absolute atomic E-state index is 0.208. The van der Waals surface area contributed by atoms with Crippen molar-refractivity contribution in [3.8, 4) is 5.75 Å². The Hall–Kier alpha value is -1.38. The molecule has 0 aliphatic carbocycles. The van der Waals surface area contributed by atoms with Gasteiger partial charge in [0, 0.05) is 6.07 Å². The fraction of sp³-hybridized carbons (Fsp3) is 0.125. The Morgan fingerprint density at radius 2 is 2.27 bits per heavy atom. The minimum Gasteiger partial charge on any atom is -0.496 e. The molecule has 0 heterocycles. The minimum atomic E-state index is -0.430. The van der Waals surface area contributed by atoms with Crippen LogP contribution in [0, 0.1) is 5.82 Å². The standard InChI is InChI=1S/C8H6FO2/c1-11-8-4-7(9)3-2-6(8)5-10/h2-4H,1H3. The average molecular weight is 153 g/mol. The first-order valence-corrected chi connectivity index (χ1v) is 2.99. The van der Waals surface area contributed by atoms with Crippen molar-refractivity contribution in [2.75, 3.05) is 7.11 Å². The van der Waals surface area contributed by atoms with Crippen LogP contribution < -0.4 is 4.74 Å². The Morgan fingerprint density at radius 1 is 1.55 bits per heavy atom. The van der Waals surface area contributed by atoms with E-state index in [1.807, 2.05) is 0 Å². The van der Waals surface area contributed by atoms with Gasteiger partial charge in [0.25, 0.3) is 0 Å². The van der Waals surface area contributed by atoms with Crippen LogP contribution in [0.1, 0.15) is 5.56 Å². The lowest BCUT2D eigenvalue weighted by Crippen LogP contribution is -1.90. The number of halogens is 1. The number of methoxy groups -OCH3 is 1. The zero-order valence-electron chi connectivity index (χ0n) is 5.93. The fourth-order valence-electron chi connectivity index (χ4n) is 0.749. The molecule has 1 aromatic rings. The molecule has 57 valence electrons. The summed E-state index contributed by atoms with van der Waals surface area (Å²) < 4.78 is 17.2. The first-order valence-electron chi connectivity index (χ1n) is 2.99. The maximum atomic E-state index is 12.5. The van der Waals surface area contributed by atoms with Gasteiger partial charge in [0.1, 0.15) is 11.6 Å². The Bertz CT molecular complexity index is 271. The quantitative estimate of drug-likeness (QED) is 0.640. The zero-order valence-corrected chi connectivity index (χ0v) is 5.93. The van der Waals surface area contributed by atoms with Gasteiger partial charge in [0.2, 0.25) is 6.29 Å². The Morgan fingerprint density at radius 3 is 2.82 bits per heavy atom. The van der Waals surface area contributed by atoms with E-state index in [1.165, 1.54) is 19.2 Å². The Kier molecular flexibility index (Phi) is 2.21. The highest BCUT2D eigenvalue weighted by atomic mass is 19.1. The second-order valence-corrected chi connectivity index (χ2v) is 1.95. The number of hydrogen-bond donors (Lipinski definition) is 0. The molecule has 1 radical (unpaired) electrons. The first kappa shape index (κ1) is 7.72. The molecule has 1 rings (SSSR count). The van der Waals surface area contributed by atoms with Crippen LogP contribution in [0.2, 0.25) is 0 Å². The molecule has 0 bridgehead atoms. The molecule has 3 heteroatoms. The molecule has 11 heavy (non-hydrogen) atoms. The molecule has 0 amide bonds. The number of benzene rings is 1. The zero-order chi connectivity index (χ0) is 8.27. The van der Waals surface area contributed by atoms with Gasteiger partial charge in [-0.25, -0.2) is 4.39 Å². The monoisotopic (exact) mass is 153 g/mol. The van der Waals surface area contributed by atoms with Crippen LogP contribution in [0.4, 0.5) is 4.39 Å². The smallest absolute Gasteiger partial charge is 0.237 e. The van der Waals surface area contributed by atoms with E-state index in [0.29, 0.717) is 0 Å². The van der Waals surface area contributed by atoms with E-state index < -0.39 is 5.82 Å². The molecule has 0 aliphatic rings. The van der Waals surface area contributed by atoms with E-state index in [4.69, 9.17) is 4.74 Å². The van der Waals surface area contributed by atoms with Gasteiger partial charge in [0.15, 0.2) is 0 Å². The maximum absolute atomic E-state index is 12.5. The SMILES string of the molecule is COc1cc(F)ccc1[C]=O. The second kappa shape index (κ2) is 3.14. The molecule has 0 fully saturated rings. The fourth-order valence-corrected chi connectivity index (χ4v) is 0.749. The van der Waals surface area contributed by atoms with Gasteiger partial charge < -0.3 is 4.74 Å². The second-order valence-electron chi connectivity index (χ2n) is 1.95. The molecule has 0 saturated carbocycles. The van der Waals surface area contributed by atoms with Crippen LogP contribution in [0.3, 0.4) is 0 Å². The van der Waals surface area contributed by atoms with Crippen molar-refractivity contribution >= 4 is 6.29 Å². The molecule has 0 spiro atoms. The summed E-state index contributed by atoms with van der Waals surface area (Å²) >= 11 is 0. The number of carbonyl (C=O) groups excluding carboxylic acids is 1. The molecule has 0 aromatic heterocycles. The van der Waals surface area contributed by atoms with Crippen LogP contribution in [0.5, 0.6) is 5.75 Å². The van der Waals surface area contributed by atoms with Gasteiger partial charge in [-0.15, -0.1) is 0 Å².